The first kappa shape index (κ1) is 17.0. The second-order valence-corrected chi connectivity index (χ2v) is 5.79. The Hall–Kier alpha value is -2.35. The molecule has 0 aliphatic carbocycles. The molecule has 0 radical (unpaired) electrons. The van der Waals surface area contributed by atoms with Gasteiger partial charge in [-0.2, -0.15) is 5.10 Å². The quantitative estimate of drug-likeness (QED) is 0.826. The molecule has 0 fully saturated rings. The maximum atomic E-state index is 12.3. The lowest BCUT2D eigenvalue weighted by molar-refractivity contribution is -0.139. The Morgan fingerprint density at radius 3 is 2.61 bits per heavy atom. The lowest BCUT2D eigenvalue weighted by Crippen LogP contribution is -2.34. The third-order valence-electron chi connectivity index (χ3n) is 3.29. The summed E-state index contributed by atoms with van der Waals surface area (Å²) in [6.45, 7) is 1.69. The van der Waals surface area contributed by atoms with E-state index in [9.17, 15) is 14.7 Å². The van der Waals surface area contributed by atoms with Crippen molar-refractivity contribution in [1.82, 2.24) is 15.1 Å². The number of carbonyl (C=O) groups is 2. The number of rotatable bonds is 5. The summed E-state index contributed by atoms with van der Waals surface area (Å²) in [6.07, 6.45) is 1.55. The minimum absolute atomic E-state index is 0.339. The van der Waals surface area contributed by atoms with Gasteiger partial charge in [0, 0.05) is 13.2 Å². The van der Waals surface area contributed by atoms with Crippen LogP contribution in [0.3, 0.4) is 0 Å². The van der Waals surface area contributed by atoms with E-state index in [1.165, 1.54) is 11.8 Å². The van der Waals surface area contributed by atoms with Gasteiger partial charge >= 0.3 is 5.97 Å². The Labute approximate surface area is 141 Å². The molecule has 1 heterocycles. The van der Waals surface area contributed by atoms with Crippen LogP contribution in [0.25, 0.3) is 0 Å². The van der Waals surface area contributed by atoms with Crippen molar-refractivity contribution in [3.63, 3.8) is 0 Å². The lowest BCUT2D eigenvalue weighted by Gasteiger charge is -2.16. The summed E-state index contributed by atoms with van der Waals surface area (Å²) in [7, 11) is 3.21. The fourth-order valence-electron chi connectivity index (χ4n) is 2.18. The molecule has 1 aromatic carbocycles. The molecular formula is C15H16BrN3O4. The molecule has 0 spiro atoms. The first-order valence-corrected chi connectivity index (χ1v) is 7.50. The van der Waals surface area contributed by atoms with E-state index in [-0.39, 0.29) is 0 Å². The van der Waals surface area contributed by atoms with Crippen LogP contribution in [0, 0.1) is 6.92 Å². The zero-order valence-electron chi connectivity index (χ0n) is 12.8. The number of carboxylic acid groups (broad SMARTS) is 1. The number of carboxylic acids is 1. The number of aromatic nitrogens is 2. The summed E-state index contributed by atoms with van der Waals surface area (Å²) in [5.41, 5.74) is 1.30. The van der Waals surface area contributed by atoms with Gasteiger partial charge < -0.3 is 15.2 Å². The predicted octanol–water partition coefficient (Wildman–Crippen LogP) is 2.06. The summed E-state index contributed by atoms with van der Waals surface area (Å²) < 4.78 is 7.23. The molecule has 1 unspecified atom stereocenters. The SMILES string of the molecule is COc1ccc(C(NC(=O)c2cn(C)nc2C)C(=O)O)cc1Br. The molecular weight excluding hydrogens is 366 g/mol. The maximum Gasteiger partial charge on any atom is 0.330 e. The Balaban J connectivity index is 2.29. The van der Waals surface area contributed by atoms with Gasteiger partial charge in [-0.1, -0.05) is 6.07 Å². The first-order chi connectivity index (χ1) is 10.8. The molecule has 1 aromatic heterocycles. The highest BCUT2D eigenvalue weighted by atomic mass is 79.9. The largest absolute Gasteiger partial charge is 0.496 e. The van der Waals surface area contributed by atoms with E-state index in [4.69, 9.17) is 4.74 Å². The Morgan fingerprint density at radius 2 is 2.13 bits per heavy atom. The van der Waals surface area contributed by atoms with Gasteiger partial charge in [0.15, 0.2) is 6.04 Å². The van der Waals surface area contributed by atoms with E-state index in [1.807, 2.05) is 0 Å². The van der Waals surface area contributed by atoms with Gasteiger partial charge in [0.1, 0.15) is 5.75 Å². The molecule has 0 bridgehead atoms. The fourth-order valence-corrected chi connectivity index (χ4v) is 2.74. The van der Waals surface area contributed by atoms with Crippen molar-refractivity contribution >= 4 is 27.8 Å². The molecule has 0 aliphatic rings. The summed E-state index contributed by atoms with van der Waals surface area (Å²) in [4.78, 5) is 23.9. The molecule has 122 valence electrons. The average molecular weight is 382 g/mol. The number of nitrogens with zero attached hydrogens (tertiary/aromatic N) is 2. The van der Waals surface area contributed by atoms with Crippen molar-refractivity contribution in [2.24, 2.45) is 7.05 Å². The topological polar surface area (TPSA) is 93.5 Å². The van der Waals surface area contributed by atoms with E-state index in [0.29, 0.717) is 27.0 Å². The maximum absolute atomic E-state index is 12.3. The molecule has 8 heteroatoms. The zero-order chi connectivity index (χ0) is 17.1. The van der Waals surface area contributed by atoms with Crippen molar-refractivity contribution in [2.45, 2.75) is 13.0 Å². The van der Waals surface area contributed by atoms with Crippen molar-refractivity contribution in [3.8, 4) is 5.75 Å². The number of amides is 1. The molecule has 2 N–H and O–H groups in total. The van der Waals surface area contributed by atoms with Gasteiger partial charge in [-0.3, -0.25) is 9.48 Å². The van der Waals surface area contributed by atoms with Gasteiger partial charge in [0.05, 0.1) is 22.8 Å². The van der Waals surface area contributed by atoms with Crippen LogP contribution in [0.4, 0.5) is 0 Å². The van der Waals surface area contributed by atoms with E-state index in [2.05, 4.69) is 26.3 Å². The Kier molecular flexibility index (Phi) is 5.05. The normalized spacial score (nSPS) is 11.8. The molecule has 0 saturated carbocycles. The number of carbonyl (C=O) groups excluding carboxylic acids is 1. The Morgan fingerprint density at radius 1 is 1.43 bits per heavy atom. The third kappa shape index (κ3) is 3.70. The highest BCUT2D eigenvalue weighted by Crippen LogP contribution is 2.28. The van der Waals surface area contributed by atoms with Gasteiger partial charge in [-0.15, -0.1) is 0 Å². The minimum atomic E-state index is -1.18. The van der Waals surface area contributed by atoms with Crippen LogP contribution in [-0.2, 0) is 11.8 Å². The molecule has 2 aromatic rings. The number of hydrogen-bond donors (Lipinski definition) is 2. The third-order valence-corrected chi connectivity index (χ3v) is 3.91. The highest BCUT2D eigenvalue weighted by Gasteiger charge is 2.25. The monoisotopic (exact) mass is 381 g/mol. The second kappa shape index (κ2) is 6.82. The summed E-state index contributed by atoms with van der Waals surface area (Å²) in [6, 6.07) is 3.66. The van der Waals surface area contributed by atoms with E-state index in [1.54, 1.807) is 38.4 Å². The second-order valence-electron chi connectivity index (χ2n) is 4.94. The van der Waals surface area contributed by atoms with Gasteiger partial charge in [-0.05, 0) is 40.5 Å². The number of halogens is 1. The van der Waals surface area contributed by atoms with Crippen LogP contribution in [0.15, 0.2) is 28.9 Å². The average Bonchev–Trinajstić information content (AvgIpc) is 2.83. The van der Waals surface area contributed by atoms with Crippen LogP contribution < -0.4 is 10.1 Å². The van der Waals surface area contributed by atoms with Crippen LogP contribution in [0.2, 0.25) is 0 Å². The van der Waals surface area contributed by atoms with Crippen molar-refractivity contribution in [1.29, 1.82) is 0 Å². The van der Waals surface area contributed by atoms with Crippen molar-refractivity contribution < 1.29 is 19.4 Å². The van der Waals surface area contributed by atoms with Crippen LogP contribution >= 0.6 is 15.9 Å². The van der Waals surface area contributed by atoms with Crippen molar-refractivity contribution in [3.05, 3.63) is 45.7 Å². The smallest absolute Gasteiger partial charge is 0.330 e. The van der Waals surface area contributed by atoms with Crippen molar-refractivity contribution in [2.75, 3.05) is 7.11 Å². The number of nitrogens with one attached hydrogen (secondary N) is 1. The summed E-state index contributed by atoms with van der Waals surface area (Å²) in [5.74, 6) is -1.07. The van der Waals surface area contributed by atoms with Crippen LogP contribution in [-0.4, -0.2) is 33.9 Å². The van der Waals surface area contributed by atoms with Gasteiger partial charge in [0.2, 0.25) is 0 Å². The van der Waals surface area contributed by atoms with Crippen LogP contribution in [0.1, 0.15) is 27.7 Å². The molecule has 1 atom stereocenters. The standard InChI is InChI=1S/C15H16BrN3O4/c1-8-10(7-19(2)18-8)14(20)17-13(15(21)22)9-4-5-12(23-3)11(16)6-9/h4-7,13H,1-3H3,(H,17,20)(H,21,22). The zero-order valence-corrected chi connectivity index (χ0v) is 14.4. The number of aliphatic carboxylic acids is 1. The van der Waals surface area contributed by atoms with E-state index in [0.717, 1.165) is 0 Å². The molecule has 0 aliphatic heterocycles. The number of benzene rings is 1. The molecule has 0 saturated heterocycles. The molecule has 7 nitrogen and oxygen atoms in total. The summed E-state index contributed by atoms with van der Waals surface area (Å²) >= 11 is 3.31. The van der Waals surface area contributed by atoms with E-state index >= 15 is 0 Å². The number of methoxy groups -OCH3 is 1. The van der Waals surface area contributed by atoms with E-state index < -0.39 is 17.9 Å². The molecule has 23 heavy (non-hydrogen) atoms. The predicted molar refractivity (Wildman–Crippen MR) is 86.5 cm³/mol. The minimum Gasteiger partial charge on any atom is -0.496 e. The lowest BCUT2D eigenvalue weighted by atomic mass is 10.1. The number of aryl methyl sites for hydroxylation is 2. The molecule has 1 amide bonds. The highest BCUT2D eigenvalue weighted by molar-refractivity contribution is 9.10. The fraction of sp³-hybridized carbons (Fsp3) is 0.267. The number of hydrogen-bond acceptors (Lipinski definition) is 4. The number of ether oxygens (including phenoxy) is 1. The molecule has 2 rings (SSSR count). The van der Waals surface area contributed by atoms with Crippen LogP contribution in [0.5, 0.6) is 5.75 Å². The summed E-state index contributed by atoms with van der Waals surface area (Å²) in [5, 5.41) is 16.0. The Bertz CT molecular complexity index is 757. The van der Waals surface area contributed by atoms with Gasteiger partial charge in [-0.25, -0.2) is 4.79 Å². The first-order valence-electron chi connectivity index (χ1n) is 6.70. The van der Waals surface area contributed by atoms with Gasteiger partial charge in [0.25, 0.3) is 5.91 Å².